The molecule has 88 valence electrons. The Morgan fingerprint density at radius 2 is 2.19 bits per heavy atom. The highest BCUT2D eigenvalue weighted by Crippen LogP contribution is 2.17. The second kappa shape index (κ2) is 6.16. The third-order valence-corrected chi connectivity index (χ3v) is 3.82. The van der Waals surface area contributed by atoms with E-state index in [1.807, 2.05) is 0 Å². The minimum Gasteiger partial charge on any atom is -0.385 e. The van der Waals surface area contributed by atoms with Gasteiger partial charge in [-0.15, -0.1) is 11.8 Å². The third-order valence-electron chi connectivity index (χ3n) is 3.07. The van der Waals surface area contributed by atoms with Crippen LogP contribution in [-0.4, -0.2) is 25.4 Å². The Balaban J connectivity index is 1.71. The molecule has 1 aromatic carbocycles. The zero-order chi connectivity index (χ0) is 11.2. The fourth-order valence-corrected chi connectivity index (χ4v) is 2.51. The standard InChI is InChI=1S/C13H20N2S/c1-16-13-6-4-12(5-7-13)15-10-8-11-3-2-9-14-11/h4-7,11,14-15H,2-3,8-10H2,1H3. The molecule has 1 atom stereocenters. The van der Waals surface area contributed by atoms with Crippen LogP contribution in [0, 0.1) is 0 Å². The summed E-state index contributed by atoms with van der Waals surface area (Å²) in [6.07, 6.45) is 6.01. The van der Waals surface area contributed by atoms with Gasteiger partial charge in [0.15, 0.2) is 0 Å². The van der Waals surface area contributed by atoms with Crippen molar-refractivity contribution in [2.45, 2.75) is 30.2 Å². The Morgan fingerprint density at radius 3 is 2.81 bits per heavy atom. The molecule has 1 saturated heterocycles. The van der Waals surface area contributed by atoms with Gasteiger partial charge in [0.2, 0.25) is 0 Å². The van der Waals surface area contributed by atoms with Crippen LogP contribution in [0.1, 0.15) is 19.3 Å². The van der Waals surface area contributed by atoms with E-state index in [9.17, 15) is 0 Å². The van der Waals surface area contributed by atoms with Gasteiger partial charge in [-0.25, -0.2) is 0 Å². The van der Waals surface area contributed by atoms with Crippen LogP contribution in [0.3, 0.4) is 0 Å². The molecule has 2 N–H and O–H groups in total. The van der Waals surface area contributed by atoms with Crippen molar-refractivity contribution in [3.63, 3.8) is 0 Å². The Bertz CT molecular complexity index is 304. The molecule has 0 aliphatic carbocycles. The summed E-state index contributed by atoms with van der Waals surface area (Å²) in [5, 5.41) is 6.99. The number of anilines is 1. The van der Waals surface area contributed by atoms with Gasteiger partial charge in [-0.2, -0.15) is 0 Å². The molecule has 0 saturated carbocycles. The molecule has 1 unspecified atom stereocenters. The minimum atomic E-state index is 0.734. The number of benzene rings is 1. The summed E-state index contributed by atoms with van der Waals surface area (Å²) < 4.78 is 0. The molecular formula is C13H20N2S. The molecule has 1 aliphatic heterocycles. The largest absolute Gasteiger partial charge is 0.385 e. The van der Waals surface area contributed by atoms with Crippen molar-refractivity contribution in [2.24, 2.45) is 0 Å². The molecule has 0 radical (unpaired) electrons. The van der Waals surface area contributed by atoms with Crippen LogP contribution in [-0.2, 0) is 0 Å². The highest BCUT2D eigenvalue weighted by Gasteiger charge is 2.12. The van der Waals surface area contributed by atoms with E-state index < -0.39 is 0 Å². The van der Waals surface area contributed by atoms with Gasteiger partial charge < -0.3 is 10.6 Å². The van der Waals surface area contributed by atoms with Crippen LogP contribution in [0.5, 0.6) is 0 Å². The van der Waals surface area contributed by atoms with Crippen molar-refractivity contribution in [1.29, 1.82) is 0 Å². The van der Waals surface area contributed by atoms with Gasteiger partial charge in [0.1, 0.15) is 0 Å². The first-order chi connectivity index (χ1) is 7.88. The van der Waals surface area contributed by atoms with Gasteiger partial charge >= 0.3 is 0 Å². The molecule has 2 nitrogen and oxygen atoms in total. The number of hydrogen-bond donors (Lipinski definition) is 2. The Hall–Kier alpha value is -0.670. The van der Waals surface area contributed by atoms with E-state index in [0.29, 0.717) is 0 Å². The van der Waals surface area contributed by atoms with Gasteiger partial charge in [-0.05, 0) is 56.3 Å². The lowest BCUT2D eigenvalue weighted by Gasteiger charge is -2.11. The van der Waals surface area contributed by atoms with Crippen LogP contribution in [0.4, 0.5) is 5.69 Å². The smallest absolute Gasteiger partial charge is 0.0340 e. The Kier molecular flexibility index (Phi) is 4.55. The van der Waals surface area contributed by atoms with Crippen molar-refractivity contribution in [3.8, 4) is 0 Å². The fourth-order valence-electron chi connectivity index (χ4n) is 2.10. The summed E-state index contributed by atoms with van der Waals surface area (Å²) in [6.45, 7) is 2.27. The van der Waals surface area contributed by atoms with Gasteiger partial charge in [0, 0.05) is 23.2 Å². The first kappa shape index (κ1) is 11.8. The average molecular weight is 236 g/mol. The minimum absolute atomic E-state index is 0.734. The second-order valence-electron chi connectivity index (χ2n) is 4.24. The summed E-state index contributed by atoms with van der Waals surface area (Å²) >= 11 is 1.78. The number of thioether (sulfide) groups is 1. The van der Waals surface area contributed by atoms with E-state index in [4.69, 9.17) is 0 Å². The highest BCUT2D eigenvalue weighted by molar-refractivity contribution is 7.98. The van der Waals surface area contributed by atoms with E-state index in [-0.39, 0.29) is 0 Å². The van der Waals surface area contributed by atoms with Crippen molar-refractivity contribution >= 4 is 17.4 Å². The molecule has 1 heterocycles. The van der Waals surface area contributed by atoms with Crippen LogP contribution < -0.4 is 10.6 Å². The monoisotopic (exact) mass is 236 g/mol. The average Bonchev–Trinajstić information content (AvgIpc) is 2.83. The van der Waals surface area contributed by atoms with Gasteiger partial charge in [0.25, 0.3) is 0 Å². The molecule has 2 rings (SSSR count). The van der Waals surface area contributed by atoms with Crippen molar-refractivity contribution in [1.82, 2.24) is 5.32 Å². The first-order valence-electron chi connectivity index (χ1n) is 6.00. The third kappa shape index (κ3) is 3.42. The molecule has 16 heavy (non-hydrogen) atoms. The molecule has 3 heteroatoms. The predicted molar refractivity (Wildman–Crippen MR) is 72.4 cm³/mol. The summed E-state index contributed by atoms with van der Waals surface area (Å²) in [6, 6.07) is 9.39. The Labute approximate surface area is 102 Å². The van der Waals surface area contributed by atoms with Crippen molar-refractivity contribution in [3.05, 3.63) is 24.3 Å². The molecule has 1 aliphatic rings. The molecule has 0 amide bonds. The Morgan fingerprint density at radius 1 is 1.38 bits per heavy atom. The summed E-state index contributed by atoms with van der Waals surface area (Å²) in [7, 11) is 0. The summed E-state index contributed by atoms with van der Waals surface area (Å²) in [5.41, 5.74) is 1.23. The maximum absolute atomic E-state index is 3.52. The van der Waals surface area contributed by atoms with Gasteiger partial charge in [-0.1, -0.05) is 0 Å². The van der Waals surface area contributed by atoms with E-state index in [0.717, 1.165) is 12.6 Å². The molecular weight excluding hydrogens is 216 g/mol. The number of nitrogens with one attached hydrogen (secondary N) is 2. The van der Waals surface area contributed by atoms with Gasteiger partial charge in [-0.3, -0.25) is 0 Å². The molecule has 1 aromatic rings. The summed E-state index contributed by atoms with van der Waals surface area (Å²) in [4.78, 5) is 1.32. The van der Waals surface area contributed by atoms with Crippen LogP contribution in [0.2, 0.25) is 0 Å². The first-order valence-corrected chi connectivity index (χ1v) is 7.22. The quantitative estimate of drug-likeness (QED) is 0.769. The van der Waals surface area contributed by atoms with E-state index in [1.54, 1.807) is 11.8 Å². The predicted octanol–water partition coefficient (Wildman–Crippen LogP) is 2.96. The molecule has 0 bridgehead atoms. The lowest BCUT2D eigenvalue weighted by atomic mass is 10.1. The van der Waals surface area contributed by atoms with E-state index in [1.165, 1.54) is 36.4 Å². The maximum atomic E-state index is 3.52. The highest BCUT2D eigenvalue weighted by atomic mass is 32.2. The molecule has 0 spiro atoms. The second-order valence-corrected chi connectivity index (χ2v) is 5.12. The fraction of sp³-hybridized carbons (Fsp3) is 0.538. The normalized spacial score (nSPS) is 19.9. The topological polar surface area (TPSA) is 24.1 Å². The molecule has 0 aromatic heterocycles. The van der Waals surface area contributed by atoms with Crippen molar-refractivity contribution in [2.75, 3.05) is 24.7 Å². The number of hydrogen-bond acceptors (Lipinski definition) is 3. The lowest BCUT2D eigenvalue weighted by molar-refractivity contribution is 0.574. The van der Waals surface area contributed by atoms with E-state index in [2.05, 4.69) is 41.2 Å². The van der Waals surface area contributed by atoms with Gasteiger partial charge in [0.05, 0.1) is 0 Å². The zero-order valence-corrected chi connectivity index (χ0v) is 10.6. The molecule has 1 fully saturated rings. The SMILES string of the molecule is CSc1ccc(NCCC2CCCN2)cc1. The van der Waals surface area contributed by atoms with Crippen molar-refractivity contribution < 1.29 is 0 Å². The van der Waals surface area contributed by atoms with Crippen LogP contribution in [0.25, 0.3) is 0 Å². The van der Waals surface area contributed by atoms with E-state index >= 15 is 0 Å². The zero-order valence-electron chi connectivity index (χ0n) is 9.83. The maximum Gasteiger partial charge on any atom is 0.0340 e. The summed E-state index contributed by atoms with van der Waals surface area (Å²) in [5.74, 6) is 0. The van der Waals surface area contributed by atoms with Crippen LogP contribution >= 0.6 is 11.8 Å². The van der Waals surface area contributed by atoms with Crippen LogP contribution in [0.15, 0.2) is 29.2 Å². The lowest BCUT2D eigenvalue weighted by Crippen LogP contribution is -2.24. The number of rotatable bonds is 5.